The van der Waals surface area contributed by atoms with Crippen molar-refractivity contribution in [3.8, 4) is 0 Å². The molecule has 26 heavy (non-hydrogen) atoms. The van der Waals surface area contributed by atoms with E-state index < -0.39 is 0 Å². The fourth-order valence-electron chi connectivity index (χ4n) is 3.45. The second kappa shape index (κ2) is 11.7. The van der Waals surface area contributed by atoms with Crippen LogP contribution in [0.5, 0.6) is 0 Å². The summed E-state index contributed by atoms with van der Waals surface area (Å²) in [4.78, 5) is 16.9. The molecule has 1 aromatic heterocycles. The van der Waals surface area contributed by atoms with Gasteiger partial charge in [0.15, 0.2) is 5.78 Å². The summed E-state index contributed by atoms with van der Waals surface area (Å²) in [7, 11) is 0. The van der Waals surface area contributed by atoms with Crippen molar-refractivity contribution in [2.75, 3.05) is 0 Å². The first-order valence-corrected chi connectivity index (χ1v) is 10.3. The number of ketones is 1. The second-order valence-electron chi connectivity index (χ2n) is 7.26. The third-order valence-corrected chi connectivity index (χ3v) is 5.11. The zero-order valence-electron chi connectivity index (χ0n) is 16.5. The number of rotatable bonds is 13. The highest BCUT2D eigenvalue weighted by Gasteiger charge is 2.12. The lowest BCUT2D eigenvalue weighted by Crippen LogP contribution is -2.13. The van der Waals surface area contributed by atoms with Crippen LogP contribution in [0.3, 0.4) is 0 Å². The van der Waals surface area contributed by atoms with Crippen LogP contribution >= 0.6 is 0 Å². The van der Waals surface area contributed by atoms with Gasteiger partial charge in [0.2, 0.25) is 0 Å². The van der Waals surface area contributed by atoms with Gasteiger partial charge < -0.3 is 4.57 Å². The van der Waals surface area contributed by atoms with Gasteiger partial charge >= 0.3 is 0 Å². The van der Waals surface area contributed by atoms with Crippen LogP contribution in [0.4, 0.5) is 0 Å². The standard InChI is InChI=1S/C23H34N2O/c1-3-4-5-6-7-8-9-10-11-14-21-15-12-13-16-22(21)23(26)19-25-18-17-24-20(25)2/h12-13,15-18H,3-11,14,19H2,1-2H3. The van der Waals surface area contributed by atoms with Crippen molar-refractivity contribution in [3.63, 3.8) is 0 Å². The van der Waals surface area contributed by atoms with Gasteiger partial charge in [-0.15, -0.1) is 0 Å². The summed E-state index contributed by atoms with van der Waals surface area (Å²) < 4.78 is 1.91. The van der Waals surface area contributed by atoms with Crippen molar-refractivity contribution >= 4 is 5.78 Å². The molecular formula is C23H34N2O. The van der Waals surface area contributed by atoms with Gasteiger partial charge in [-0.2, -0.15) is 0 Å². The van der Waals surface area contributed by atoms with E-state index in [0.717, 1.165) is 17.8 Å². The smallest absolute Gasteiger partial charge is 0.182 e. The molecule has 1 heterocycles. The van der Waals surface area contributed by atoms with E-state index in [0.29, 0.717) is 6.54 Å². The SMILES string of the molecule is CCCCCCCCCCCc1ccccc1C(=O)Cn1ccnc1C. The number of aryl methyl sites for hydroxylation is 2. The molecule has 0 amide bonds. The fraction of sp³-hybridized carbons (Fsp3) is 0.565. The third-order valence-electron chi connectivity index (χ3n) is 5.11. The number of hydrogen-bond acceptors (Lipinski definition) is 2. The fourth-order valence-corrected chi connectivity index (χ4v) is 3.45. The first-order valence-electron chi connectivity index (χ1n) is 10.3. The van der Waals surface area contributed by atoms with Gasteiger partial charge in [0.05, 0.1) is 6.54 Å². The molecule has 0 fully saturated rings. The Bertz CT molecular complexity index is 660. The number of Topliss-reactive ketones (excluding diaryl/α,β-unsaturated/α-hetero) is 1. The van der Waals surface area contributed by atoms with Crippen LogP contribution in [-0.4, -0.2) is 15.3 Å². The Kier molecular flexibility index (Phi) is 9.16. The predicted molar refractivity (Wildman–Crippen MR) is 109 cm³/mol. The van der Waals surface area contributed by atoms with E-state index in [1.807, 2.05) is 35.9 Å². The van der Waals surface area contributed by atoms with E-state index in [2.05, 4.69) is 18.0 Å². The van der Waals surface area contributed by atoms with Crippen molar-refractivity contribution in [2.45, 2.75) is 84.6 Å². The minimum absolute atomic E-state index is 0.178. The molecule has 0 saturated carbocycles. The topological polar surface area (TPSA) is 34.9 Å². The molecule has 0 unspecified atom stereocenters. The Morgan fingerprint density at radius 2 is 1.62 bits per heavy atom. The molecule has 142 valence electrons. The molecule has 2 aromatic rings. The van der Waals surface area contributed by atoms with Crippen molar-refractivity contribution in [1.82, 2.24) is 9.55 Å². The number of carbonyl (C=O) groups is 1. The molecule has 0 aliphatic carbocycles. The lowest BCUT2D eigenvalue weighted by Gasteiger charge is -2.10. The summed E-state index contributed by atoms with van der Waals surface area (Å²) >= 11 is 0. The zero-order chi connectivity index (χ0) is 18.6. The lowest BCUT2D eigenvalue weighted by molar-refractivity contribution is 0.0970. The first-order chi connectivity index (χ1) is 12.7. The van der Waals surface area contributed by atoms with Gasteiger partial charge in [-0.3, -0.25) is 4.79 Å². The maximum Gasteiger partial charge on any atom is 0.182 e. The average Bonchev–Trinajstić information content (AvgIpc) is 3.05. The van der Waals surface area contributed by atoms with Crippen molar-refractivity contribution < 1.29 is 4.79 Å². The molecule has 0 atom stereocenters. The Balaban J connectivity index is 1.74. The number of benzene rings is 1. The highest BCUT2D eigenvalue weighted by atomic mass is 16.1. The van der Waals surface area contributed by atoms with Gasteiger partial charge in [0.25, 0.3) is 0 Å². The van der Waals surface area contributed by atoms with Crippen LogP contribution in [-0.2, 0) is 13.0 Å². The van der Waals surface area contributed by atoms with Gasteiger partial charge in [-0.25, -0.2) is 4.98 Å². The van der Waals surface area contributed by atoms with Gasteiger partial charge in [0, 0.05) is 18.0 Å². The molecule has 2 rings (SSSR count). The average molecular weight is 355 g/mol. The largest absolute Gasteiger partial charge is 0.327 e. The summed E-state index contributed by atoms with van der Waals surface area (Å²) in [5.74, 6) is 1.06. The number of imidazole rings is 1. The number of unbranched alkanes of at least 4 members (excludes halogenated alkanes) is 8. The van der Waals surface area contributed by atoms with Gasteiger partial charge in [0.1, 0.15) is 5.82 Å². The first kappa shape index (κ1) is 20.4. The minimum Gasteiger partial charge on any atom is -0.327 e. The van der Waals surface area contributed by atoms with Crippen molar-refractivity contribution in [1.29, 1.82) is 0 Å². The van der Waals surface area contributed by atoms with E-state index in [4.69, 9.17) is 0 Å². The number of aromatic nitrogens is 2. The normalized spacial score (nSPS) is 11.0. The van der Waals surface area contributed by atoms with Crippen LogP contribution in [0, 0.1) is 6.92 Å². The zero-order valence-corrected chi connectivity index (χ0v) is 16.5. The van der Waals surface area contributed by atoms with Crippen molar-refractivity contribution in [2.24, 2.45) is 0 Å². The second-order valence-corrected chi connectivity index (χ2v) is 7.26. The quantitative estimate of drug-likeness (QED) is 0.319. The van der Waals surface area contributed by atoms with Crippen molar-refractivity contribution in [3.05, 3.63) is 53.6 Å². The highest BCUT2D eigenvalue weighted by Crippen LogP contribution is 2.16. The van der Waals surface area contributed by atoms with Crippen LogP contribution in [0.2, 0.25) is 0 Å². The molecule has 3 nitrogen and oxygen atoms in total. The minimum atomic E-state index is 0.178. The summed E-state index contributed by atoms with van der Waals surface area (Å²) in [6.07, 6.45) is 16.6. The summed E-state index contributed by atoms with van der Waals surface area (Å²) in [5.41, 5.74) is 2.07. The van der Waals surface area contributed by atoms with Crippen LogP contribution < -0.4 is 0 Å². The maximum absolute atomic E-state index is 12.7. The highest BCUT2D eigenvalue weighted by molar-refractivity contribution is 5.97. The lowest BCUT2D eigenvalue weighted by atomic mass is 9.97. The van der Waals surface area contributed by atoms with Crippen LogP contribution in [0.1, 0.15) is 86.5 Å². The molecule has 3 heteroatoms. The van der Waals surface area contributed by atoms with Gasteiger partial charge in [-0.05, 0) is 25.3 Å². The molecule has 0 aliphatic rings. The molecule has 0 radical (unpaired) electrons. The van der Waals surface area contributed by atoms with E-state index >= 15 is 0 Å². The number of carbonyl (C=O) groups excluding carboxylic acids is 1. The van der Waals surface area contributed by atoms with E-state index in [-0.39, 0.29) is 5.78 Å². The van der Waals surface area contributed by atoms with Crippen LogP contribution in [0.25, 0.3) is 0 Å². The van der Waals surface area contributed by atoms with E-state index in [1.54, 1.807) is 6.20 Å². The molecule has 0 saturated heterocycles. The monoisotopic (exact) mass is 354 g/mol. The summed E-state index contributed by atoms with van der Waals surface area (Å²) in [6.45, 7) is 4.57. The number of nitrogens with zero attached hydrogens (tertiary/aromatic N) is 2. The van der Waals surface area contributed by atoms with Crippen LogP contribution in [0.15, 0.2) is 36.7 Å². The Morgan fingerprint density at radius 1 is 0.962 bits per heavy atom. The third kappa shape index (κ3) is 6.78. The molecule has 0 N–H and O–H groups in total. The Labute approximate surface area is 158 Å². The summed E-state index contributed by atoms with van der Waals surface area (Å²) in [6, 6.07) is 8.09. The molecular weight excluding hydrogens is 320 g/mol. The van der Waals surface area contributed by atoms with Gasteiger partial charge in [-0.1, -0.05) is 82.6 Å². The van der Waals surface area contributed by atoms with E-state index in [1.165, 1.54) is 63.4 Å². The number of hydrogen-bond donors (Lipinski definition) is 0. The summed E-state index contributed by atoms with van der Waals surface area (Å²) in [5, 5.41) is 0. The molecule has 0 spiro atoms. The Morgan fingerprint density at radius 3 is 2.27 bits per heavy atom. The predicted octanol–water partition coefficient (Wildman–Crippen LogP) is 6.15. The molecule has 0 bridgehead atoms. The molecule has 1 aromatic carbocycles. The molecule has 0 aliphatic heterocycles. The Hall–Kier alpha value is -1.90. The maximum atomic E-state index is 12.7. The van der Waals surface area contributed by atoms with E-state index in [9.17, 15) is 4.79 Å².